The molecule has 0 saturated heterocycles. The fraction of sp³-hybridized carbons (Fsp3) is 0.800. The standard InChI is InChI=1S/C5H8N2O6/c1-4(8)13-3-5(2,6(9)10)7(11)12/h3H2,1-2H3. The highest BCUT2D eigenvalue weighted by Crippen LogP contribution is 2.10. The number of nitrogens with zero attached hydrogens (tertiary/aromatic N) is 2. The van der Waals surface area contributed by atoms with Gasteiger partial charge in [-0.3, -0.25) is 25.0 Å². The molecule has 0 N–H and O–H groups in total. The zero-order valence-electron chi connectivity index (χ0n) is 7.05. The van der Waals surface area contributed by atoms with Crippen LogP contribution in [0.1, 0.15) is 13.8 Å². The second kappa shape index (κ2) is 3.78. The molecule has 0 aliphatic carbocycles. The number of hydrogen-bond donors (Lipinski definition) is 0. The van der Waals surface area contributed by atoms with Crippen molar-refractivity contribution < 1.29 is 19.4 Å². The molecule has 0 bridgehead atoms. The van der Waals surface area contributed by atoms with Crippen LogP contribution in [0, 0.1) is 20.2 Å². The Hall–Kier alpha value is -1.73. The Balaban J connectivity index is 4.52. The van der Waals surface area contributed by atoms with E-state index in [1.807, 2.05) is 0 Å². The van der Waals surface area contributed by atoms with Crippen molar-refractivity contribution in [3.05, 3.63) is 20.2 Å². The number of nitro groups is 2. The summed E-state index contributed by atoms with van der Waals surface area (Å²) in [5.74, 6) is -0.796. The van der Waals surface area contributed by atoms with Gasteiger partial charge in [0, 0.05) is 6.92 Å². The van der Waals surface area contributed by atoms with Gasteiger partial charge in [0.2, 0.25) is 6.61 Å². The summed E-state index contributed by atoms with van der Waals surface area (Å²) < 4.78 is 4.21. The summed E-state index contributed by atoms with van der Waals surface area (Å²) in [4.78, 5) is 28.6. The Morgan fingerprint density at radius 1 is 1.38 bits per heavy atom. The summed E-state index contributed by atoms with van der Waals surface area (Å²) in [5.41, 5.74) is -2.47. The van der Waals surface area contributed by atoms with E-state index in [0.717, 1.165) is 13.8 Å². The first kappa shape index (κ1) is 11.3. The highest BCUT2D eigenvalue weighted by atomic mass is 16.7. The van der Waals surface area contributed by atoms with Gasteiger partial charge in [0.15, 0.2) is 0 Å². The van der Waals surface area contributed by atoms with E-state index < -0.39 is 28.1 Å². The SMILES string of the molecule is CC(=O)OCC(C)([N+](=O)[O-])[N+](=O)[O-]. The zero-order valence-corrected chi connectivity index (χ0v) is 7.05. The maximum atomic E-state index is 10.3. The predicted molar refractivity (Wildman–Crippen MR) is 39.0 cm³/mol. The molecule has 8 nitrogen and oxygen atoms in total. The Labute approximate surface area is 72.8 Å². The molecule has 0 aliphatic rings. The molecule has 0 aromatic carbocycles. The van der Waals surface area contributed by atoms with E-state index in [1.165, 1.54) is 0 Å². The van der Waals surface area contributed by atoms with Gasteiger partial charge in [-0.25, -0.2) is 0 Å². The lowest BCUT2D eigenvalue weighted by molar-refractivity contribution is -0.793. The minimum Gasteiger partial charge on any atom is -0.450 e. The molecule has 0 spiro atoms. The van der Waals surface area contributed by atoms with Crippen molar-refractivity contribution in [1.29, 1.82) is 0 Å². The van der Waals surface area contributed by atoms with Gasteiger partial charge in [0.25, 0.3) is 0 Å². The van der Waals surface area contributed by atoms with Crippen LogP contribution < -0.4 is 0 Å². The van der Waals surface area contributed by atoms with Crippen LogP contribution >= 0.6 is 0 Å². The fourth-order valence-electron chi connectivity index (χ4n) is 0.410. The summed E-state index contributed by atoms with van der Waals surface area (Å²) in [6.07, 6.45) is 0. The van der Waals surface area contributed by atoms with E-state index >= 15 is 0 Å². The van der Waals surface area contributed by atoms with Crippen LogP contribution in [0.4, 0.5) is 0 Å². The fourth-order valence-corrected chi connectivity index (χ4v) is 0.410. The predicted octanol–water partition coefficient (Wildman–Crippen LogP) is -0.181. The van der Waals surface area contributed by atoms with Crippen LogP contribution in [0.5, 0.6) is 0 Å². The Kier molecular flexibility index (Phi) is 3.28. The smallest absolute Gasteiger partial charge is 0.450 e. The lowest BCUT2D eigenvalue weighted by Crippen LogP contribution is -2.47. The van der Waals surface area contributed by atoms with Gasteiger partial charge < -0.3 is 4.74 Å². The molecule has 0 saturated carbocycles. The van der Waals surface area contributed by atoms with Crippen LogP contribution in [0.3, 0.4) is 0 Å². The van der Waals surface area contributed by atoms with Crippen LogP contribution in [0.25, 0.3) is 0 Å². The largest absolute Gasteiger partial charge is 0.488 e. The molecule has 0 atom stereocenters. The summed E-state index contributed by atoms with van der Waals surface area (Å²) in [5, 5.41) is 20.5. The maximum Gasteiger partial charge on any atom is 0.488 e. The molecule has 0 unspecified atom stereocenters. The molecule has 0 radical (unpaired) electrons. The van der Waals surface area contributed by atoms with E-state index in [2.05, 4.69) is 4.74 Å². The molecule has 13 heavy (non-hydrogen) atoms. The molecule has 0 aromatic heterocycles. The van der Waals surface area contributed by atoms with E-state index in [4.69, 9.17) is 0 Å². The van der Waals surface area contributed by atoms with E-state index in [0.29, 0.717) is 0 Å². The zero-order chi connectivity index (χ0) is 10.6. The number of rotatable bonds is 4. The van der Waals surface area contributed by atoms with Gasteiger partial charge >= 0.3 is 11.6 Å². The molecule has 74 valence electrons. The highest BCUT2D eigenvalue weighted by Gasteiger charge is 2.52. The van der Waals surface area contributed by atoms with Crippen LogP contribution in [0.2, 0.25) is 0 Å². The first-order valence-corrected chi connectivity index (χ1v) is 3.23. The van der Waals surface area contributed by atoms with E-state index in [1.54, 1.807) is 0 Å². The first-order chi connectivity index (χ1) is 5.80. The van der Waals surface area contributed by atoms with Gasteiger partial charge in [-0.15, -0.1) is 0 Å². The van der Waals surface area contributed by atoms with E-state index in [9.17, 15) is 25.0 Å². The molecule has 0 heterocycles. The summed E-state index contributed by atoms with van der Waals surface area (Å²) in [6, 6.07) is 0. The number of carbonyl (C=O) groups is 1. The number of ether oxygens (including phenoxy) is 1. The van der Waals surface area contributed by atoms with Gasteiger partial charge in [0.1, 0.15) is 9.85 Å². The lowest BCUT2D eigenvalue weighted by Gasteiger charge is -2.11. The molecular formula is C5H8N2O6. The number of hydrogen-bond acceptors (Lipinski definition) is 6. The Morgan fingerprint density at radius 3 is 2.00 bits per heavy atom. The van der Waals surface area contributed by atoms with Gasteiger partial charge in [-0.2, -0.15) is 0 Å². The average molecular weight is 192 g/mol. The van der Waals surface area contributed by atoms with Crippen molar-refractivity contribution in [1.82, 2.24) is 0 Å². The summed E-state index contributed by atoms with van der Waals surface area (Å²) in [7, 11) is 0. The monoisotopic (exact) mass is 192 g/mol. The third-order valence-corrected chi connectivity index (χ3v) is 1.34. The normalized spacial score (nSPS) is 10.6. The minimum absolute atomic E-state index is 0.774. The second-order valence-electron chi connectivity index (χ2n) is 2.51. The van der Waals surface area contributed by atoms with Gasteiger partial charge in [-0.1, -0.05) is 0 Å². The quantitative estimate of drug-likeness (QED) is 0.264. The first-order valence-electron chi connectivity index (χ1n) is 3.23. The second-order valence-corrected chi connectivity index (χ2v) is 2.51. The van der Waals surface area contributed by atoms with Crippen molar-refractivity contribution in [2.24, 2.45) is 0 Å². The van der Waals surface area contributed by atoms with Crippen molar-refractivity contribution in [3.63, 3.8) is 0 Å². The summed E-state index contributed by atoms with van der Waals surface area (Å²) >= 11 is 0. The van der Waals surface area contributed by atoms with Crippen molar-refractivity contribution in [3.8, 4) is 0 Å². The van der Waals surface area contributed by atoms with E-state index in [-0.39, 0.29) is 0 Å². The maximum absolute atomic E-state index is 10.3. The Bertz CT molecular complexity index is 235. The number of carbonyl (C=O) groups excluding carboxylic acids is 1. The van der Waals surface area contributed by atoms with Crippen LogP contribution in [-0.2, 0) is 9.53 Å². The Morgan fingerprint density at radius 2 is 1.77 bits per heavy atom. The van der Waals surface area contributed by atoms with Gasteiger partial charge in [-0.05, 0) is 0 Å². The molecule has 0 fully saturated rings. The molecule has 8 heteroatoms. The average Bonchev–Trinajstić information content (AvgIpc) is 1.99. The molecule has 0 aromatic rings. The topological polar surface area (TPSA) is 113 Å². The third-order valence-electron chi connectivity index (χ3n) is 1.34. The molecule has 0 rings (SSSR count). The molecule has 0 aliphatic heterocycles. The van der Waals surface area contributed by atoms with Gasteiger partial charge in [0.05, 0.1) is 6.92 Å². The number of esters is 1. The lowest BCUT2D eigenvalue weighted by atomic mass is 10.2. The summed E-state index contributed by atoms with van der Waals surface area (Å²) in [6.45, 7) is 0.915. The van der Waals surface area contributed by atoms with Crippen LogP contribution in [-0.4, -0.2) is 28.1 Å². The molecular weight excluding hydrogens is 184 g/mol. The van der Waals surface area contributed by atoms with Crippen molar-refractivity contribution >= 4 is 5.97 Å². The highest BCUT2D eigenvalue weighted by molar-refractivity contribution is 5.65. The van der Waals surface area contributed by atoms with Crippen molar-refractivity contribution in [2.75, 3.05) is 6.61 Å². The minimum atomic E-state index is -2.47. The van der Waals surface area contributed by atoms with Crippen molar-refractivity contribution in [2.45, 2.75) is 19.5 Å². The van der Waals surface area contributed by atoms with Crippen LogP contribution in [0.15, 0.2) is 0 Å². The third kappa shape index (κ3) is 2.65. The molecule has 0 amide bonds.